The molecule has 1 fully saturated rings. The molecule has 1 aromatic heterocycles. The van der Waals surface area contributed by atoms with Gasteiger partial charge in [-0.2, -0.15) is 0 Å². The highest BCUT2D eigenvalue weighted by Gasteiger charge is 2.36. The van der Waals surface area contributed by atoms with E-state index in [0.717, 1.165) is 0 Å². The molecule has 0 saturated carbocycles. The maximum absolute atomic E-state index is 12.2. The maximum Gasteiger partial charge on any atom is 0.407 e. The first-order chi connectivity index (χ1) is 15.0. The number of halogens is 1. The molecule has 10 nitrogen and oxygen atoms in total. The van der Waals surface area contributed by atoms with Crippen LogP contribution in [0.1, 0.15) is 58.7 Å². The Hall–Kier alpha value is -2.59. The molecule has 11 heteroatoms. The second-order valence-corrected chi connectivity index (χ2v) is 8.91. The molecule has 0 spiro atoms. The molecule has 178 valence electrons. The summed E-state index contributed by atoms with van der Waals surface area (Å²) in [4.78, 5) is 49.8. The third-order valence-electron chi connectivity index (χ3n) is 4.45. The predicted molar refractivity (Wildman–Crippen MR) is 119 cm³/mol. The van der Waals surface area contributed by atoms with Crippen LogP contribution in [0.4, 0.5) is 4.79 Å². The summed E-state index contributed by atoms with van der Waals surface area (Å²) in [7, 11) is 0. The van der Waals surface area contributed by atoms with Gasteiger partial charge in [-0.1, -0.05) is 12.2 Å². The van der Waals surface area contributed by atoms with E-state index in [-0.39, 0.29) is 19.6 Å². The van der Waals surface area contributed by atoms with Crippen molar-refractivity contribution in [2.75, 3.05) is 13.2 Å². The molecule has 1 aliphatic rings. The number of alkyl halides is 1. The van der Waals surface area contributed by atoms with E-state index in [1.807, 2.05) is 0 Å². The third-order valence-corrected chi connectivity index (χ3v) is 4.91. The first-order valence-electron chi connectivity index (χ1n) is 10.4. The average molecular weight is 472 g/mol. The van der Waals surface area contributed by atoms with Crippen molar-refractivity contribution in [3.63, 3.8) is 0 Å². The van der Waals surface area contributed by atoms with Gasteiger partial charge in [-0.15, -0.1) is 11.6 Å². The van der Waals surface area contributed by atoms with Crippen molar-refractivity contribution in [3.05, 3.63) is 38.7 Å². The van der Waals surface area contributed by atoms with E-state index in [2.05, 4.69) is 10.3 Å². The Morgan fingerprint density at radius 2 is 2.09 bits per heavy atom. The minimum atomic E-state index is -0.687. The Bertz CT molecular complexity index is 948. The summed E-state index contributed by atoms with van der Waals surface area (Å²) in [6.07, 6.45) is 3.65. The number of rotatable bonds is 8. The Morgan fingerprint density at radius 1 is 1.38 bits per heavy atom. The SMILES string of the molecule is C/C=C/c1cn(C2CC(Cl)C(COC(=O)CCCNC(=O)OC(C)(C)C)O2)c(=O)[nH]c1=O. The van der Waals surface area contributed by atoms with Crippen molar-refractivity contribution in [3.8, 4) is 0 Å². The number of carbonyl (C=O) groups is 2. The number of nitrogens with zero attached hydrogens (tertiary/aromatic N) is 1. The van der Waals surface area contributed by atoms with Gasteiger partial charge >= 0.3 is 17.8 Å². The van der Waals surface area contributed by atoms with Gasteiger partial charge in [0.05, 0.1) is 10.9 Å². The molecular weight excluding hydrogens is 442 g/mol. The molecule has 2 heterocycles. The van der Waals surface area contributed by atoms with E-state index < -0.39 is 46.6 Å². The van der Waals surface area contributed by atoms with Crippen LogP contribution in [0.3, 0.4) is 0 Å². The lowest BCUT2D eigenvalue weighted by atomic mass is 10.2. The number of alkyl carbamates (subject to hydrolysis) is 1. The van der Waals surface area contributed by atoms with E-state index in [1.165, 1.54) is 10.8 Å². The van der Waals surface area contributed by atoms with Crippen LogP contribution in [-0.2, 0) is 19.0 Å². The Balaban J connectivity index is 1.80. The van der Waals surface area contributed by atoms with Crippen LogP contribution in [0, 0.1) is 0 Å². The van der Waals surface area contributed by atoms with Crippen LogP contribution in [0.15, 0.2) is 21.9 Å². The molecule has 2 N–H and O–H groups in total. The first-order valence-corrected chi connectivity index (χ1v) is 10.8. The largest absolute Gasteiger partial charge is 0.463 e. The summed E-state index contributed by atoms with van der Waals surface area (Å²) in [5.74, 6) is -0.455. The molecular formula is C21H30ClN3O7. The normalized spacial score (nSPS) is 21.0. The van der Waals surface area contributed by atoms with E-state index >= 15 is 0 Å². The lowest BCUT2D eigenvalue weighted by Crippen LogP contribution is -2.33. The Labute approximate surface area is 190 Å². The second-order valence-electron chi connectivity index (χ2n) is 8.35. The van der Waals surface area contributed by atoms with Gasteiger partial charge in [-0.05, 0) is 34.1 Å². The molecule has 0 bridgehead atoms. The summed E-state index contributed by atoms with van der Waals surface area (Å²) in [5.41, 5.74) is -1.37. The number of aromatic nitrogens is 2. The van der Waals surface area contributed by atoms with Crippen molar-refractivity contribution in [1.82, 2.24) is 14.9 Å². The Kier molecular flexibility index (Phi) is 9.09. The van der Waals surface area contributed by atoms with Gasteiger partial charge in [0.15, 0.2) is 0 Å². The molecule has 1 aromatic rings. The van der Waals surface area contributed by atoms with E-state index in [4.69, 9.17) is 25.8 Å². The molecule has 0 aromatic carbocycles. The summed E-state index contributed by atoms with van der Waals surface area (Å²) < 4.78 is 17.4. The zero-order valence-electron chi connectivity index (χ0n) is 18.7. The zero-order chi connectivity index (χ0) is 23.9. The number of hydrogen-bond acceptors (Lipinski definition) is 7. The monoisotopic (exact) mass is 471 g/mol. The maximum atomic E-state index is 12.2. The number of H-pyrrole nitrogens is 1. The van der Waals surface area contributed by atoms with Crippen molar-refractivity contribution in [2.45, 2.75) is 70.3 Å². The van der Waals surface area contributed by atoms with Gasteiger partial charge < -0.3 is 19.5 Å². The summed E-state index contributed by atoms with van der Waals surface area (Å²) in [6.45, 7) is 7.25. The van der Waals surface area contributed by atoms with Crippen LogP contribution in [0.2, 0.25) is 0 Å². The van der Waals surface area contributed by atoms with Crippen molar-refractivity contribution in [2.24, 2.45) is 0 Å². The molecule has 2 rings (SSSR count). The molecule has 3 atom stereocenters. The highest BCUT2D eigenvalue weighted by Crippen LogP contribution is 2.31. The molecule has 1 saturated heterocycles. The van der Waals surface area contributed by atoms with Gasteiger partial charge in [-0.3, -0.25) is 19.1 Å². The van der Waals surface area contributed by atoms with Crippen molar-refractivity contribution >= 4 is 29.7 Å². The molecule has 0 aliphatic carbocycles. The van der Waals surface area contributed by atoms with Gasteiger partial charge in [0.2, 0.25) is 0 Å². The number of esters is 1. The molecule has 1 amide bonds. The summed E-state index contributed by atoms with van der Waals surface area (Å²) in [5, 5.41) is 2.09. The minimum absolute atomic E-state index is 0.0666. The number of nitrogens with one attached hydrogen (secondary N) is 2. The second kappa shape index (κ2) is 11.3. The number of hydrogen-bond donors (Lipinski definition) is 2. The highest BCUT2D eigenvalue weighted by molar-refractivity contribution is 6.21. The van der Waals surface area contributed by atoms with Gasteiger partial charge in [0, 0.05) is 25.6 Å². The van der Waals surface area contributed by atoms with E-state index in [1.54, 1.807) is 39.8 Å². The average Bonchev–Trinajstić information content (AvgIpc) is 3.05. The van der Waals surface area contributed by atoms with Crippen LogP contribution in [-0.4, -0.2) is 51.8 Å². The number of amides is 1. The number of ether oxygens (including phenoxy) is 3. The minimum Gasteiger partial charge on any atom is -0.463 e. The number of aromatic amines is 1. The number of carbonyl (C=O) groups excluding carboxylic acids is 2. The van der Waals surface area contributed by atoms with Gasteiger partial charge in [0.25, 0.3) is 5.56 Å². The molecule has 32 heavy (non-hydrogen) atoms. The first kappa shape index (κ1) is 25.7. The lowest BCUT2D eigenvalue weighted by Gasteiger charge is -2.19. The van der Waals surface area contributed by atoms with Crippen LogP contribution < -0.4 is 16.6 Å². The van der Waals surface area contributed by atoms with Crippen molar-refractivity contribution in [1.29, 1.82) is 0 Å². The quantitative estimate of drug-likeness (QED) is 0.338. The fraction of sp³-hybridized carbons (Fsp3) is 0.619. The standard InChI is InChI=1S/C21H30ClN3O7/c1-5-7-13-11-25(19(28)24-18(13)27)16-10-14(22)15(31-16)12-30-17(26)8-6-9-23-20(29)32-21(2,3)4/h5,7,11,14-16H,6,8-10,12H2,1-4H3,(H,23,29)(H,24,27,28)/b7-5+. The van der Waals surface area contributed by atoms with Crippen LogP contribution in [0.25, 0.3) is 6.08 Å². The highest BCUT2D eigenvalue weighted by atomic mass is 35.5. The van der Waals surface area contributed by atoms with Gasteiger partial charge in [0.1, 0.15) is 24.5 Å². The zero-order valence-corrected chi connectivity index (χ0v) is 19.4. The Morgan fingerprint density at radius 3 is 2.75 bits per heavy atom. The summed E-state index contributed by atoms with van der Waals surface area (Å²) >= 11 is 6.33. The third kappa shape index (κ3) is 7.83. The van der Waals surface area contributed by atoms with E-state index in [0.29, 0.717) is 18.4 Å². The van der Waals surface area contributed by atoms with Crippen molar-refractivity contribution < 1.29 is 23.8 Å². The van der Waals surface area contributed by atoms with Gasteiger partial charge in [-0.25, -0.2) is 9.59 Å². The van der Waals surface area contributed by atoms with Crippen LogP contribution in [0.5, 0.6) is 0 Å². The fourth-order valence-corrected chi connectivity index (χ4v) is 3.29. The van der Waals surface area contributed by atoms with E-state index in [9.17, 15) is 19.2 Å². The molecule has 3 unspecified atom stereocenters. The van der Waals surface area contributed by atoms with Crippen LogP contribution >= 0.6 is 11.6 Å². The molecule has 0 radical (unpaired) electrons. The number of allylic oxidation sites excluding steroid dienone is 1. The lowest BCUT2D eigenvalue weighted by molar-refractivity contribution is -0.148. The summed E-state index contributed by atoms with van der Waals surface area (Å²) in [6, 6.07) is 0. The topological polar surface area (TPSA) is 129 Å². The smallest absolute Gasteiger partial charge is 0.407 e. The molecule has 1 aliphatic heterocycles. The fourth-order valence-electron chi connectivity index (χ4n) is 3.01. The predicted octanol–water partition coefficient (Wildman–Crippen LogP) is 2.31.